The lowest BCUT2D eigenvalue weighted by molar-refractivity contribution is -0.159. The monoisotopic (exact) mass is 583 g/mol. The third-order valence-corrected chi connectivity index (χ3v) is 8.58. The van der Waals surface area contributed by atoms with Crippen LogP contribution in [0, 0.1) is 0 Å². The summed E-state index contributed by atoms with van der Waals surface area (Å²) in [6.45, 7) is 10.8. The number of nitrogens with one attached hydrogen (secondary N) is 1. The number of fused-ring (bicyclic) bond motifs is 1. The first-order chi connectivity index (χ1) is 19.9. The number of amides is 1. The number of methoxy groups -OCH3 is 1. The Hall–Kier alpha value is -3.06. The first-order valence-corrected chi connectivity index (χ1v) is 14.9. The third kappa shape index (κ3) is 6.17. The largest absolute Gasteiger partial charge is 0.393 e. The van der Waals surface area contributed by atoms with E-state index in [1.54, 1.807) is 36.7 Å². The third-order valence-electron chi connectivity index (χ3n) is 8.58. The predicted octanol–water partition coefficient (Wildman–Crippen LogP) is 2.79. The van der Waals surface area contributed by atoms with E-state index in [9.17, 15) is 15.0 Å². The highest BCUT2D eigenvalue weighted by molar-refractivity contribution is 5.85. The molecule has 0 bridgehead atoms. The number of carbonyl (C=O) groups excluding carboxylic acids is 1. The van der Waals surface area contributed by atoms with Gasteiger partial charge in [0, 0.05) is 55.2 Å². The number of anilines is 1. The highest BCUT2D eigenvalue weighted by atomic mass is 16.5. The lowest BCUT2D eigenvalue weighted by Crippen LogP contribution is -2.57. The molecule has 3 aromatic heterocycles. The molecule has 42 heavy (non-hydrogen) atoms. The molecule has 0 unspecified atom stereocenters. The molecule has 12 nitrogen and oxygen atoms in total. The molecule has 0 radical (unpaired) electrons. The van der Waals surface area contributed by atoms with Crippen molar-refractivity contribution < 1.29 is 24.5 Å². The summed E-state index contributed by atoms with van der Waals surface area (Å²) in [5.74, 6) is 0.692. The molecule has 3 N–H and O–H groups in total. The minimum atomic E-state index is -1.05. The van der Waals surface area contributed by atoms with Crippen molar-refractivity contribution in [3.63, 3.8) is 0 Å². The molecule has 230 valence electrons. The van der Waals surface area contributed by atoms with Crippen molar-refractivity contribution >= 4 is 17.4 Å². The van der Waals surface area contributed by atoms with Crippen molar-refractivity contribution in [2.24, 2.45) is 0 Å². The molecule has 3 aromatic rings. The second kappa shape index (κ2) is 11.9. The van der Waals surface area contributed by atoms with Crippen LogP contribution < -0.4 is 5.32 Å². The second-order valence-electron chi connectivity index (χ2n) is 12.9. The summed E-state index contributed by atoms with van der Waals surface area (Å²) in [6, 6.07) is 2.19. The van der Waals surface area contributed by atoms with E-state index in [2.05, 4.69) is 21.5 Å². The van der Waals surface area contributed by atoms with Crippen molar-refractivity contribution in [3.8, 4) is 11.1 Å². The van der Waals surface area contributed by atoms with Gasteiger partial charge in [0.25, 0.3) is 0 Å². The average Bonchev–Trinajstić information content (AvgIpc) is 3.59. The lowest BCUT2D eigenvalue weighted by Gasteiger charge is -2.41. The van der Waals surface area contributed by atoms with Crippen LogP contribution in [0.2, 0.25) is 0 Å². The van der Waals surface area contributed by atoms with Crippen molar-refractivity contribution in [2.45, 2.75) is 95.6 Å². The molecule has 0 spiro atoms. The molecule has 0 aromatic carbocycles. The van der Waals surface area contributed by atoms with Gasteiger partial charge in [0.2, 0.25) is 11.9 Å². The topological polar surface area (TPSA) is 139 Å². The van der Waals surface area contributed by atoms with Crippen molar-refractivity contribution in [2.75, 3.05) is 38.7 Å². The van der Waals surface area contributed by atoms with Gasteiger partial charge in [-0.15, -0.1) is 5.10 Å². The van der Waals surface area contributed by atoms with E-state index < -0.39 is 17.2 Å². The van der Waals surface area contributed by atoms with Gasteiger partial charge in [0.15, 0.2) is 0 Å². The van der Waals surface area contributed by atoms with Crippen molar-refractivity contribution in [1.29, 1.82) is 0 Å². The number of aromatic nitrogens is 5. The summed E-state index contributed by atoms with van der Waals surface area (Å²) in [5.41, 5.74) is 1.73. The first kappa shape index (κ1) is 30.4. The highest BCUT2D eigenvalue weighted by Gasteiger charge is 2.40. The molecule has 1 saturated carbocycles. The molecule has 2 atom stereocenters. The first-order valence-electron chi connectivity index (χ1n) is 14.9. The molecule has 1 amide bonds. The van der Waals surface area contributed by atoms with E-state index in [1.807, 2.05) is 37.7 Å². The van der Waals surface area contributed by atoms with Gasteiger partial charge in [-0.3, -0.25) is 9.48 Å². The standard InChI is InChI=1S/C30H45N7O5/c1-19(18-41-6)33-28-31-15-25-23(13-24(37(25)34-28)20-7-9-22(38)10-8-20)21-14-32-36(16-21)29(2,3)27(39)35-11-12-42-26(17-35)30(4,5)40/h13-16,19-20,22,26,38,40H,7-12,17-18H2,1-6H3,(H,33,34)/t19-,20-,22-,26+/m0/s1. The molecule has 5 rings (SSSR count). The number of aliphatic hydroxyl groups excluding tert-OH is 1. The van der Waals surface area contributed by atoms with Gasteiger partial charge in [-0.1, -0.05) is 0 Å². The fourth-order valence-electron chi connectivity index (χ4n) is 6.00. The molecular weight excluding hydrogens is 538 g/mol. The van der Waals surface area contributed by atoms with Crippen LogP contribution in [0.25, 0.3) is 16.6 Å². The van der Waals surface area contributed by atoms with Crippen LogP contribution >= 0.6 is 0 Å². The number of morpholine rings is 1. The summed E-state index contributed by atoms with van der Waals surface area (Å²) in [7, 11) is 1.67. The Morgan fingerprint density at radius 3 is 2.64 bits per heavy atom. The zero-order valence-corrected chi connectivity index (χ0v) is 25.6. The Bertz CT molecular complexity index is 1390. The number of rotatable bonds is 9. The van der Waals surface area contributed by atoms with Crippen LogP contribution in [-0.2, 0) is 19.8 Å². The molecule has 2 fully saturated rings. The van der Waals surface area contributed by atoms with E-state index in [0.29, 0.717) is 32.3 Å². The molecule has 1 aliphatic heterocycles. The number of aliphatic hydroxyl groups is 2. The maximum Gasteiger partial charge on any atom is 0.250 e. The molecule has 2 aliphatic rings. The molecular formula is C30H45N7O5. The Morgan fingerprint density at radius 1 is 1.21 bits per heavy atom. The Kier molecular flexibility index (Phi) is 8.62. The fraction of sp³-hybridized carbons (Fsp3) is 0.667. The summed E-state index contributed by atoms with van der Waals surface area (Å²) in [4.78, 5) is 20.1. The van der Waals surface area contributed by atoms with E-state index in [4.69, 9.17) is 14.6 Å². The second-order valence-corrected chi connectivity index (χ2v) is 12.9. The van der Waals surface area contributed by atoms with Gasteiger partial charge in [-0.2, -0.15) is 5.10 Å². The maximum absolute atomic E-state index is 13.7. The van der Waals surface area contributed by atoms with Crippen LogP contribution in [0.4, 0.5) is 5.95 Å². The Balaban J connectivity index is 1.46. The molecule has 1 aliphatic carbocycles. The summed E-state index contributed by atoms with van der Waals surface area (Å²) in [5, 5.41) is 33.4. The quantitative estimate of drug-likeness (QED) is 0.347. The number of ether oxygens (including phenoxy) is 2. The average molecular weight is 584 g/mol. The van der Waals surface area contributed by atoms with Gasteiger partial charge < -0.3 is 29.9 Å². The van der Waals surface area contributed by atoms with Crippen LogP contribution in [-0.4, -0.2) is 103 Å². The van der Waals surface area contributed by atoms with Gasteiger partial charge in [-0.25, -0.2) is 9.50 Å². The van der Waals surface area contributed by atoms with Crippen LogP contribution in [0.15, 0.2) is 24.7 Å². The number of hydrogen-bond acceptors (Lipinski definition) is 9. The van der Waals surface area contributed by atoms with E-state index in [0.717, 1.165) is 48.0 Å². The molecule has 4 heterocycles. The van der Waals surface area contributed by atoms with E-state index in [1.165, 1.54) is 0 Å². The lowest BCUT2D eigenvalue weighted by atomic mass is 9.85. The van der Waals surface area contributed by atoms with Crippen LogP contribution in [0.5, 0.6) is 0 Å². The van der Waals surface area contributed by atoms with Gasteiger partial charge in [-0.05, 0) is 66.4 Å². The minimum absolute atomic E-state index is 0.0407. The highest BCUT2D eigenvalue weighted by Crippen LogP contribution is 2.38. The predicted molar refractivity (Wildman–Crippen MR) is 158 cm³/mol. The van der Waals surface area contributed by atoms with Gasteiger partial charge in [0.1, 0.15) is 11.6 Å². The summed E-state index contributed by atoms with van der Waals surface area (Å²) < 4.78 is 14.7. The summed E-state index contributed by atoms with van der Waals surface area (Å²) in [6.07, 6.45) is 8.09. The zero-order valence-electron chi connectivity index (χ0n) is 25.6. The zero-order chi connectivity index (χ0) is 30.2. The fourth-order valence-corrected chi connectivity index (χ4v) is 6.00. The number of hydrogen-bond donors (Lipinski definition) is 3. The Morgan fingerprint density at radius 2 is 1.95 bits per heavy atom. The smallest absolute Gasteiger partial charge is 0.250 e. The molecule has 1 saturated heterocycles. The van der Waals surface area contributed by atoms with Crippen molar-refractivity contribution in [1.82, 2.24) is 29.3 Å². The van der Waals surface area contributed by atoms with Gasteiger partial charge >= 0.3 is 0 Å². The minimum Gasteiger partial charge on any atom is -0.393 e. The Labute approximate surface area is 247 Å². The SMILES string of the molecule is COC[C@H](C)Nc1ncc2c(-c3cnn(C(C)(C)C(=O)N4CCO[C@@H](C(C)(C)O)C4)c3)cc([C@H]3CC[C@H](O)CC3)n2n1. The maximum atomic E-state index is 13.7. The number of carbonyl (C=O) groups is 1. The van der Waals surface area contributed by atoms with Crippen LogP contribution in [0.1, 0.15) is 71.9 Å². The van der Waals surface area contributed by atoms with Crippen LogP contribution in [0.3, 0.4) is 0 Å². The number of nitrogens with zero attached hydrogens (tertiary/aromatic N) is 6. The summed E-state index contributed by atoms with van der Waals surface area (Å²) >= 11 is 0. The van der Waals surface area contributed by atoms with Gasteiger partial charge in [0.05, 0.1) is 42.8 Å². The molecule has 12 heteroatoms. The van der Waals surface area contributed by atoms with Crippen molar-refractivity contribution in [3.05, 3.63) is 30.4 Å². The van der Waals surface area contributed by atoms with E-state index >= 15 is 0 Å². The normalized spacial score (nSPS) is 22.9. The van der Waals surface area contributed by atoms with E-state index in [-0.39, 0.29) is 24.0 Å².